The Labute approximate surface area is 102 Å². The van der Waals surface area contributed by atoms with Gasteiger partial charge >= 0.3 is 5.97 Å². The van der Waals surface area contributed by atoms with Gasteiger partial charge in [-0.1, -0.05) is 12.1 Å². The zero-order chi connectivity index (χ0) is 13.0. The molecular formula is C13H9FN2O2. The minimum atomic E-state index is -1.07. The maximum Gasteiger partial charge on any atom is 0.328 e. The lowest BCUT2D eigenvalue weighted by molar-refractivity contribution is -0.131. The third-order valence-corrected chi connectivity index (χ3v) is 2.17. The highest BCUT2D eigenvalue weighted by Gasteiger charge is 2.02. The van der Waals surface area contributed by atoms with Crippen LogP contribution in [0.3, 0.4) is 0 Å². The number of halogens is 1. The predicted octanol–water partition coefficient (Wildman–Crippen LogP) is 2.38. The van der Waals surface area contributed by atoms with E-state index in [9.17, 15) is 9.18 Å². The maximum absolute atomic E-state index is 13.1. The Hall–Kier alpha value is -2.56. The second-order valence-corrected chi connectivity index (χ2v) is 3.48. The zero-order valence-electron chi connectivity index (χ0n) is 9.25. The van der Waals surface area contributed by atoms with Gasteiger partial charge in [0.1, 0.15) is 5.82 Å². The summed E-state index contributed by atoms with van der Waals surface area (Å²) in [6.45, 7) is 0. The van der Waals surface area contributed by atoms with Gasteiger partial charge in [-0.15, -0.1) is 0 Å². The van der Waals surface area contributed by atoms with Crippen LogP contribution in [0.15, 0.2) is 42.6 Å². The van der Waals surface area contributed by atoms with Crippen molar-refractivity contribution in [1.29, 1.82) is 0 Å². The quantitative estimate of drug-likeness (QED) is 0.842. The summed E-state index contributed by atoms with van der Waals surface area (Å²) >= 11 is 0. The van der Waals surface area contributed by atoms with Crippen LogP contribution in [0.2, 0.25) is 0 Å². The summed E-state index contributed by atoms with van der Waals surface area (Å²) in [6.07, 6.45) is 3.73. The lowest BCUT2D eigenvalue weighted by Gasteiger charge is -2.01. The number of carboxylic acid groups (broad SMARTS) is 1. The van der Waals surface area contributed by atoms with Gasteiger partial charge in [-0.3, -0.25) is 0 Å². The first-order valence-electron chi connectivity index (χ1n) is 5.15. The fraction of sp³-hybridized carbons (Fsp3) is 0. The number of carboxylic acids is 1. The van der Waals surface area contributed by atoms with E-state index in [1.54, 1.807) is 18.2 Å². The standard InChI is InChI=1S/C13H9FN2O2/c14-10-3-1-2-9(8-10)11-6-7-15-12(16-11)4-5-13(17)18/h1-8H,(H,17,18)/b5-4+. The first kappa shape index (κ1) is 11.9. The summed E-state index contributed by atoms with van der Waals surface area (Å²) in [4.78, 5) is 18.4. The molecule has 0 unspecified atom stereocenters. The van der Waals surface area contributed by atoms with E-state index in [4.69, 9.17) is 5.11 Å². The molecule has 0 saturated carbocycles. The molecule has 1 aromatic carbocycles. The highest BCUT2D eigenvalue weighted by Crippen LogP contribution is 2.17. The van der Waals surface area contributed by atoms with Crippen LogP contribution in [0.25, 0.3) is 17.3 Å². The fourth-order valence-corrected chi connectivity index (χ4v) is 1.41. The molecule has 0 aliphatic carbocycles. The Bertz CT molecular complexity index is 611. The summed E-state index contributed by atoms with van der Waals surface area (Å²) in [7, 11) is 0. The molecule has 4 nitrogen and oxygen atoms in total. The molecule has 5 heteroatoms. The van der Waals surface area contributed by atoms with Gasteiger partial charge in [-0.2, -0.15) is 0 Å². The zero-order valence-corrected chi connectivity index (χ0v) is 9.25. The molecule has 0 atom stereocenters. The monoisotopic (exact) mass is 244 g/mol. The molecule has 1 heterocycles. The highest BCUT2D eigenvalue weighted by molar-refractivity contribution is 5.84. The van der Waals surface area contributed by atoms with Crippen LogP contribution in [0.4, 0.5) is 4.39 Å². The van der Waals surface area contributed by atoms with Gasteiger partial charge in [0.25, 0.3) is 0 Å². The van der Waals surface area contributed by atoms with Crippen LogP contribution < -0.4 is 0 Å². The van der Waals surface area contributed by atoms with Crippen LogP contribution in [-0.4, -0.2) is 21.0 Å². The second kappa shape index (κ2) is 5.18. The van der Waals surface area contributed by atoms with E-state index < -0.39 is 5.97 Å². The van der Waals surface area contributed by atoms with Crippen LogP contribution in [0.1, 0.15) is 5.82 Å². The van der Waals surface area contributed by atoms with Crippen LogP contribution in [-0.2, 0) is 4.79 Å². The van der Waals surface area contributed by atoms with Crippen LogP contribution >= 0.6 is 0 Å². The molecule has 0 bridgehead atoms. The minimum absolute atomic E-state index is 0.263. The van der Waals surface area contributed by atoms with Crippen LogP contribution in [0, 0.1) is 5.82 Å². The Morgan fingerprint density at radius 1 is 1.33 bits per heavy atom. The molecular weight excluding hydrogens is 235 g/mol. The third-order valence-electron chi connectivity index (χ3n) is 2.17. The molecule has 0 radical (unpaired) electrons. The van der Waals surface area contributed by atoms with E-state index in [-0.39, 0.29) is 11.6 Å². The SMILES string of the molecule is O=C(O)/C=C/c1nccc(-c2cccc(F)c2)n1. The summed E-state index contributed by atoms with van der Waals surface area (Å²) in [5, 5.41) is 8.51. The fourth-order valence-electron chi connectivity index (χ4n) is 1.41. The van der Waals surface area contributed by atoms with Gasteiger partial charge in [-0.05, 0) is 24.3 Å². The largest absolute Gasteiger partial charge is 0.478 e. The van der Waals surface area contributed by atoms with Crippen molar-refractivity contribution in [1.82, 2.24) is 9.97 Å². The Morgan fingerprint density at radius 3 is 2.89 bits per heavy atom. The third kappa shape index (κ3) is 2.98. The van der Waals surface area contributed by atoms with Crippen molar-refractivity contribution < 1.29 is 14.3 Å². The van der Waals surface area contributed by atoms with Crippen molar-refractivity contribution in [2.45, 2.75) is 0 Å². The van der Waals surface area contributed by atoms with Gasteiger partial charge in [0.2, 0.25) is 0 Å². The van der Waals surface area contributed by atoms with Gasteiger partial charge in [0, 0.05) is 17.8 Å². The number of hydrogen-bond donors (Lipinski definition) is 1. The Morgan fingerprint density at radius 2 is 2.17 bits per heavy atom. The maximum atomic E-state index is 13.1. The van der Waals surface area contributed by atoms with E-state index in [0.717, 1.165) is 6.08 Å². The topological polar surface area (TPSA) is 63.1 Å². The molecule has 0 aliphatic heterocycles. The minimum Gasteiger partial charge on any atom is -0.478 e. The molecule has 0 saturated heterocycles. The molecule has 1 N–H and O–H groups in total. The van der Waals surface area contributed by atoms with Crippen molar-refractivity contribution in [2.75, 3.05) is 0 Å². The van der Waals surface area contributed by atoms with E-state index in [2.05, 4.69) is 9.97 Å². The van der Waals surface area contributed by atoms with E-state index in [1.165, 1.54) is 24.4 Å². The van der Waals surface area contributed by atoms with E-state index in [0.29, 0.717) is 11.3 Å². The average Bonchev–Trinajstić information content (AvgIpc) is 2.37. The molecule has 0 spiro atoms. The van der Waals surface area contributed by atoms with E-state index in [1.807, 2.05) is 0 Å². The average molecular weight is 244 g/mol. The molecule has 90 valence electrons. The normalized spacial score (nSPS) is 10.7. The lowest BCUT2D eigenvalue weighted by atomic mass is 10.1. The van der Waals surface area contributed by atoms with Crippen molar-refractivity contribution in [3.8, 4) is 11.3 Å². The first-order valence-corrected chi connectivity index (χ1v) is 5.15. The number of nitrogens with zero attached hydrogens (tertiary/aromatic N) is 2. The molecule has 0 amide bonds. The van der Waals surface area contributed by atoms with E-state index >= 15 is 0 Å². The van der Waals surface area contributed by atoms with Gasteiger partial charge < -0.3 is 5.11 Å². The number of benzene rings is 1. The second-order valence-electron chi connectivity index (χ2n) is 3.48. The van der Waals surface area contributed by atoms with Crippen molar-refractivity contribution in [3.63, 3.8) is 0 Å². The summed E-state index contributed by atoms with van der Waals surface area (Å²) < 4.78 is 13.1. The molecule has 2 aromatic rings. The smallest absolute Gasteiger partial charge is 0.328 e. The summed E-state index contributed by atoms with van der Waals surface area (Å²) in [5.41, 5.74) is 1.15. The number of aliphatic carboxylic acids is 1. The molecule has 18 heavy (non-hydrogen) atoms. The Balaban J connectivity index is 2.35. The predicted molar refractivity (Wildman–Crippen MR) is 64.1 cm³/mol. The van der Waals surface area contributed by atoms with Gasteiger partial charge in [-0.25, -0.2) is 19.2 Å². The summed E-state index contributed by atoms with van der Waals surface area (Å²) in [6, 6.07) is 7.63. The Kier molecular flexibility index (Phi) is 3.43. The first-order chi connectivity index (χ1) is 8.65. The molecule has 1 aromatic heterocycles. The molecule has 2 rings (SSSR count). The number of rotatable bonds is 3. The van der Waals surface area contributed by atoms with Gasteiger partial charge in [0.15, 0.2) is 5.82 Å². The highest BCUT2D eigenvalue weighted by atomic mass is 19.1. The molecule has 0 aliphatic rings. The number of carbonyl (C=O) groups is 1. The van der Waals surface area contributed by atoms with Crippen molar-refractivity contribution in [2.24, 2.45) is 0 Å². The lowest BCUT2D eigenvalue weighted by Crippen LogP contribution is -1.92. The van der Waals surface area contributed by atoms with Crippen molar-refractivity contribution in [3.05, 3.63) is 54.2 Å². The molecule has 0 fully saturated rings. The number of aromatic nitrogens is 2. The van der Waals surface area contributed by atoms with Crippen LogP contribution in [0.5, 0.6) is 0 Å². The summed E-state index contributed by atoms with van der Waals surface area (Å²) in [5.74, 6) is -1.16. The number of hydrogen-bond acceptors (Lipinski definition) is 3. The van der Waals surface area contributed by atoms with Crippen molar-refractivity contribution >= 4 is 12.0 Å². The van der Waals surface area contributed by atoms with Gasteiger partial charge in [0.05, 0.1) is 5.69 Å².